The van der Waals surface area contributed by atoms with Crippen molar-refractivity contribution in [2.24, 2.45) is 11.8 Å². The van der Waals surface area contributed by atoms with E-state index in [1.54, 1.807) is 4.31 Å². The molecule has 2 aliphatic heterocycles. The van der Waals surface area contributed by atoms with Gasteiger partial charge in [0.25, 0.3) is 0 Å². The minimum absolute atomic E-state index is 0.183. The Morgan fingerprint density at radius 1 is 1.03 bits per heavy atom. The molecule has 1 saturated carbocycles. The Bertz CT molecular complexity index is 1120. The van der Waals surface area contributed by atoms with Gasteiger partial charge in [0.05, 0.1) is 17.4 Å². The van der Waals surface area contributed by atoms with Crippen LogP contribution >= 0.6 is 11.6 Å². The van der Waals surface area contributed by atoms with Crippen molar-refractivity contribution in [2.45, 2.75) is 38.8 Å². The van der Waals surface area contributed by atoms with E-state index in [0.29, 0.717) is 29.9 Å². The maximum atomic E-state index is 11.7. The second kappa shape index (κ2) is 10.2. The number of fused-ring (bicyclic) bond motifs is 1. The van der Waals surface area contributed by atoms with Crippen LogP contribution in [0.4, 0.5) is 5.95 Å². The van der Waals surface area contributed by atoms with Crippen LogP contribution in [-0.2, 0) is 23.0 Å². The lowest BCUT2D eigenvalue weighted by Gasteiger charge is -2.33. The summed E-state index contributed by atoms with van der Waals surface area (Å²) in [6.45, 7) is 7.34. The molecule has 2 aromatic rings. The fourth-order valence-electron chi connectivity index (χ4n) is 5.59. The number of rotatable bonds is 7. The Kier molecular flexibility index (Phi) is 7.21. The SMILES string of the molecule is CCc1cnc(N2CC3CC(Oc4ccc(CN5CCN(S(C)(=O)=O)CC5)cc4Cl)C[C@H]3C2)nc1. The Labute approximate surface area is 213 Å². The summed E-state index contributed by atoms with van der Waals surface area (Å²) in [7, 11) is -3.11. The molecule has 0 radical (unpaired) electrons. The van der Waals surface area contributed by atoms with E-state index in [9.17, 15) is 8.42 Å². The van der Waals surface area contributed by atoms with Gasteiger partial charge in [-0.3, -0.25) is 4.90 Å². The molecular weight excluding hydrogens is 486 g/mol. The van der Waals surface area contributed by atoms with Gasteiger partial charge in [0, 0.05) is 58.2 Å². The number of aryl methyl sites for hydroxylation is 1. The van der Waals surface area contributed by atoms with Crippen molar-refractivity contribution in [1.82, 2.24) is 19.2 Å². The number of ether oxygens (including phenoxy) is 1. The summed E-state index contributed by atoms with van der Waals surface area (Å²) in [5.41, 5.74) is 2.28. The van der Waals surface area contributed by atoms with Gasteiger partial charge < -0.3 is 9.64 Å². The van der Waals surface area contributed by atoms with Gasteiger partial charge in [0.15, 0.2) is 0 Å². The average Bonchev–Trinajstić information content (AvgIpc) is 3.39. The van der Waals surface area contributed by atoms with Crippen LogP contribution in [0.2, 0.25) is 5.02 Å². The van der Waals surface area contributed by atoms with Crippen molar-refractivity contribution in [3.63, 3.8) is 0 Å². The molecule has 3 fully saturated rings. The number of anilines is 1. The Morgan fingerprint density at radius 2 is 1.69 bits per heavy atom. The first-order valence-electron chi connectivity index (χ1n) is 12.5. The molecule has 35 heavy (non-hydrogen) atoms. The van der Waals surface area contributed by atoms with Crippen molar-refractivity contribution < 1.29 is 13.2 Å². The smallest absolute Gasteiger partial charge is 0.225 e. The molecule has 190 valence electrons. The molecule has 5 rings (SSSR count). The molecular formula is C25H34ClN5O3S. The van der Waals surface area contributed by atoms with E-state index in [1.165, 1.54) is 11.8 Å². The molecule has 0 bridgehead atoms. The topological polar surface area (TPSA) is 78.9 Å². The first-order valence-corrected chi connectivity index (χ1v) is 14.7. The van der Waals surface area contributed by atoms with E-state index in [1.807, 2.05) is 24.5 Å². The van der Waals surface area contributed by atoms with Crippen LogP contribution < -0.4 is 9.64 Å². The summed E-state index contributed by atoms with van der Waals surface area (Å²) in [5.74, 6) is 2.78. The lowest BCUT2D eigenvalue weighted by Crippen LogP contribution is -2.47. The number of halogens is 1. The van der Waals surface area contributed by atoms with E-state index < -0.39 is 10.0 Å². The number of hydrogen-bond donors (Lipinski definition) is 0. The molecule has 0 amide bonds. The molecule has 3 heterocycles. The van der Waals surface area contributed by atoms with E-state index in [2.05, 4.69) is 32.8 Å². The van der Waals surface area contributed by atoms with E-state index in [4.69, 9.17) is 16.3 Å². The quantitative estimate of drug-likeness (QED) is 0.556. The van der Waals surface area contributed by atoms with Gasteiger partial charge in [-0.15, -0.1) is 0 Å². The first kappa shape index (κ1) is 24.7. The van der Waals surface area contributed by atoms with Gasteiger partial charge in [-0.1, -0.05) is 24.6 Å². The third-order valence-electron chi connectivity index (χ3n) is 7.59. The summed E-state index contributed by atoms with van der Waals surface area (Å²) in [6.07, 6.45) is 8.33. The number of aromatic nitrogens is 2. The zero-order chi connectivity index (χ0) is 24.6. The molecule has 3 atom stereocenters. The highest BCUT2D eigenvalue weighted by Crippen LogP contribution is 2.41. The lowest BCUT2D eigenvalue weighted by molar-refractivity contribution is 0.182. The van der Waals surface area contributed by atoms with Crippen LogP contribution in [0, 0.1) is 11.8 Å². The molecule has 3 aliphatic rings. The molecule has 10 heteroatoms. The van der Waals surface area contributed by atoms with Crippen LogP contribution in [-0.4, -0.2) is 79.2 Å². The summed E-state index contributed by atoms with van der Waals surface area (Å²) < 4.78 is 31.3. The molecule has 0 spiro atoms. The fourth-order valence-corrected chi connectivity index (χ4v) is 6.67. The summed E-state index contributed by atoms with van der Waals surface area (Å²) in [6, 6.07) is 6.03. The molecule has 2 saturated heterocycles. The largest absolute Gasteiger partial charge is 0.489 e. The minimum atomic E-state index is -3.11. The van der Waals surface area contributed by atoms with Crippen LogP contribution in [0.25, 0.3) is 0 Å². The van der Waals surface area contributed by atoms with Crippen molar-refractivity contribution >= 4 is 27.6 Å². The Morgan fingerprint density at radius 3 is 2.26 bits per heavy atom. The van der Waals surface area contributed by atoms with Crippen molar-refractivity contribution in [1.29, 1.82) is 0 Å². The molecule has 8 nitrogen and oxygen atoms in total. The summed E-state index contributed by atoms with van der Waals surface area (Å²) in [4.78, 5) is 13.7. The molecule has 2 unspecified atom stereocenters. The summed E-state index contributed by atoms with van der Waals surface area (Å²) >= 11 is 6.60. The van der Waals surface area contributed by atoms with Gasteiger partial charge in [-0.25, -0.2) is 18.4 Å². The third-order valence-corrected chi connectivity index (χ3v) is 9.19. The lowest BCUT2D eigenvalue weighted by atomic mass is 10.0. The number of nitrogens with zero attached hydrogens (tertiary/aromatic N) is 5. The summed E-state index contributed by atoms with van der Waals surface area (Å²) in [5, 5.41) is 0.639. The van der Waals surface area contributed by atoms with Gasteiger partial charge >= 0.3 is 0 Å². The van der Waals surface area contributed by atoms with E-state index in [-0.39, 0.29) is 6.10 Å². The van der Waals surface area contributed by atoms with Crippen LogP contribution in [0.1, 0.15) is 30.9 Å². The molecule has 0 N–H and O–H groups in total. The minimum Gasteiger partial charge on any atom is -0.489 e. The van der Waals surface area contributed by atoms with Gasteiger partial charge in [-0.2, -0.15) is 4.31 Å². The van der Waals surface area contributed by atoms with Crippen molar-refractivity contribution in [2.75, 3.05) is 50.4 Å². The molecule has 1 aliphatic carbocycles. The van der Waals surface area contributed by atoms with Crippen LogP contribution in [0.3, 0.4) is 0 Å². The van der Waals surface area contributed by atoms with Crippen LogP contribution in [0.5, 0.6) is 5.75 Å². The first-order chi connectivity index (χ1) is 16.8. The number of piperazine rings is 1. The zero-order valence-electron chi connectivity index (χ0n) is 20.4. The third kappa shape index (κ3) is 5.74. The number of benzene rings is 1. The van der Waals surface area contributed by atoms with Crippen molar-refractivity contribution in [3.05, 3.63) is 46.7 Å². The van der Waals surface area contributed by atoms with Gasteiger partial charge in [0.1, 0.15) is 5.75 Å². The van der Waals surface area contributed by atoms with E-state index in [0.717, 1.165) is 69.2 Å². The van der Waals surface area contributed by atoms with Gasteiger partial charge in [-0.05, 0) is 54.4 Å². The Balaban J connectivity index is 1.12. The maximum Gasteiger partial charge on any atom is 0.225 e. The second-order valence-electron chi connectivity index (χ2n) is 10.1. The predicted molar refractivity (Wildman–Crippen MR) is 137 cm³/mol. The Hall–Kier alpha value is -1.94. The normalized spacial score (nSPS) is 25.7. The highest BCUT2D eigenvalue weighted by molar-refractivity contribution is 7.88. The van der Waals surface area contributed by atoms with Gasteiger partial charge in [0.2, 0.25) is 16.0 Å². The highest BCUT2D eigenvalue weighted by Gasteiger charge is 2.42. The fraction of sp³-hybridized carbons (Fsp3) is 0.600. The second-order valence-corrected chi connectivity index (χ2v) is 12.5. The molecule has 1 aromatic heterocycles. The number of sulfonamides is 1. The predicted octanol–water partition coefficient (Wildman–Crippen LogP) is 3.06. The average molecular weight is 520 g/mol. The monoisotopic (exact) mass is 519 g/mol. The van der Waals surface area contributed by atoms with Crippen molar-refractivity contribution in [3.8, 4) is 5.75 Å². The van der Waals surface area contributed by atoms with Crippen LogP contribution in [0.15, 0.2) is 30.6 Å². The standard InChI is InChI=1S/C25H34ClN5O3S/c1-3-18-13-27-25(28-14-18)30-16-20-11-22(12-21(20)17-30)34-24-5-4-19(10-23(24)26)15-29-6-8-31(9-7-29)35(2,32)33/h4-5,10,13-14,20-22H,3,6-9,11-12,15-17H2,1-2H3/t20-,21?,22?/m0/s1. The zero-order valence-corrected chi connectivity index (χ0v) is 22.0. The molecule has 1 aromatic carbocycles. The highest BCUT2D eigenvalue weighted by atomic mass is 35.5. The van der Waals surface area contributed by atoms with E-state index >= 15 is 0 Å². The maximum absolute atomic E-state index is 11.7. The number of hydrogen-bond acceptors (Lipinski definition) is 7.